The van der Waals surface area contributed by atoms with Gasteiger partial charge in [-0.3, -0.25) is 14.8 Å². The van der Waals surface area contributed by atoms with E-state index >= 15 is 0 Å². The van der Waals surface area contributed by atoms with Crippen LogP contribution in [0.15, 0.2) is 30.6 Å². The molecule has 0 aliphatic rings. The molecule has 0 amide bonds. The number of aryl methyl sites for hydroxylation is 1. The van der Waals surface area contributed by atoms with Crippen LogP contribution in [-0.4, -0.2) is 14.7 Å². The summed E-state index contributed by atoms with van der Waals surface area (Å²) in [6.07, 6.45) is 3.77. The number of anilines is 1. The van der Waals surface area contributed by atoms with Crippen LogP contribution in [0.2, 0.25) is 0 Å². The van der Waals surface area contributed by atoms with E-state index in [4.69, 9.17) is 0 Å². The van der Waals surface area contributed by atoms with Crippen molar-refractivity contribution in [3.8, 4) is 0 Å². The Morgan fingerprint density at radius 2 is 2.20 bits per heavy atom. The van der Waals surface area contributed by atoms with Crippen LogP contribution in [0.25, 0.3) is 0 Å². The first-order valence-corrected chi connectivity index (χ1v) is 6.49. The molecule has 106 valence electrons. The van der Waals surface area contributed by atoms with E-state index in [0.717, 1.165) is 11.3 Å². The third kappa shape index (κ3) is 3.14. The molecular weight excluding hydrogens is 256 g/mol. The minimum absolute atomic E-state index is 0.132. The molecule has 0 aliphatic carbocycles. The normalized spacial score (nSPS) is 10.8. The molecule has 6 nitrogen and oxygen atoms in total. The molecule has 0 saturated heterocycles. The summed E-state index contributed by atoms with van der Waals surface area (Å²) >= 11 is 0. The van der Waals surface area contributed by atoms with E-state index < -0.39 is 0 Å². The van der Waals surface area contributed by atoms with Crippen LogP contribution in [0.5, 0.6) is 0 Å². The van der Waals surface area contributed by atoms with E-state index in [0.29, 0.717) is 18.2 Å². The van der Waals surface area contributed by atoms with Crippen molar-refractivity contribution in [1.82, 2.24) is 9.78 Å². The quantitative estimate of drug-likeness (QED) is 0.670. The van der Waals surface area contributed by atoms with E-state index in [1.54, 1.807) is 25.3 Å². The highest BCUT2D eigenvalue weighted by atomic mass is 16.6. The van der Waals surface area contributed by atoms with Crippen molar-refractivity contribution in [2.24, 2.45) is 0 Å². The zero-order valence-corrected chi connectivity index (χ0v) is 11.8. The number of nitrogens with zero attached hydrogens (tertiary/aromatic N) is 3. The first-order valence-electron chi connectivity index (χ1n) is 6.49. The van der Waals surface area contributed by atoms with E-state index in [2.05, 4.69) is 24.3 Å². The maximum Gasteiger partial charge on any atom is 0.274 e. The average Bonchev–Trinajstić information content (AvgIpc) is 2.86. The van der Waals surface area contributed by atoms with Crippen LogP contribution in [0.1, 0.15) is 31.0 Å². The van der Waals surface area contributed by atoms with Crippen molar-refractivity contribution < 1.29 is 4.92 Å². The second kappa shape index (κ2) is 5.73. The fourth-order valence-corrected chi connectivity index (χ4v) is 1.87. The van der Waals surface area contributed by atoms with Crippen molar-refractivity contribution in [1.29, 1.82) is 0 Å². The summed E-state index contributed by atoms with van der Waals surface area (Å²) in [5, 5.41) is 18.3. The summed E-state index contributed by atoms with van der Waals surface area (Å²) in [5.41, 5.74) is 2.57. The highest BCUT2D eigenvalue weighted by molar-refractivity contribution is 5.54. The summed E-state index contributed by atoms with van der Waals surface area (Å²) in [7, 11) is 0. The molecule has 0 bridgehead atoms. The lowest BCUT2D eigenvalue weighted by Gasteiger charge is -2.06. The van der Waals surface area contributed by atoms with Gasteiger partial charge in [0.15, 0.2) is 0 Å². The van der Waals surface area contributed by atoms with Gasteiger partial charge in [0.05, 0.1) is 11.1 Å². The van der Waals surface area contributed by atoms with Crippen LogP contribution < -0.4 is 5.32 Å². The van der Waals surface area contributed by atoms with Gasteiger partial charge in [-0.1, -0.05) is 6.07 Å². The van der Waals surface area contributed by atoms with Gasteiger partial charge in [0.25, 0.3) is 5.69 Å². The molecular formula is C14H18N4O2. The van der Waals surface area contributed by atoms with Gasteiger partial charge in [-0.15, -0.1) is 0 Å². The van der Waals surface area contributed by atoms with Crippen molar-refractivity contribution in [3.63, 3.8) is 0 Å². The minimum Gasteiger partial charge on any atom is -0.381 e. The molecule has 0 spiro atoms. The van der Waals surface area contributed by atoms with E-state index in [-0.39, 0.29) is 10.6 Å². The van der Waals surface area contributed by atoms with Crippen LogP contribution in [-0.2, 0) is 6.54 Å². The molecule has 1 N–H and O–H groups in total. The van der Waals surface area contributed by atoms with Gasteiger partial charge < -0.3 is 5.32 Å². The van der Waals surface area contributed by atoms with Gasteiger partial charge in [0.2, 0.25) is 0 Å². The second-order valence-corrected chi connectivity index (χ2v) is 5.03. The van der Waals surface area contributed by atoms with E-state index in [9.17, 15) is 10.1 Å². The largest absolute Gasteiger partial charge is 0.381 e. The number of nitro benzene ring substituents is 1. The smallest absolute Gasteiger partial charge is 0.274 e. The van der Waals surface area contributed by atoms with E-state index in [1.165, 1.54) is 0 Å². The zero-order valence-electron chi connectivity index (χ0n) is 11.8. The third-order valence-electron chi connectivity index (χ3n) is 3.09. The third-order valence-corrected chi connectivity index (χ3v) is 3.09. The number of nitrogens with one attached hydrogen (secondary N) is 1. The van der Waals surface area contributed by atoms with Gasteiger partial charge in [-0.05, 0) is 26.8 Å². The highest BCUT2D eigenvalue weighted by Crippen LogP contribution is 2.22. The Bertz CT molecular complexity index is 619. The summed E-state index contributed by atoms with van der Waals surface area (Å²) in [6, 6.07) is 5.47. The van der Waals surface area contributed by atoms with Gasteiger partial charge in [0, 0.05) is 41.7 Å². The molecule has 6 heteroatoms. The van der Waals surface area contributed by atoms with Gasteiger partial charge >= 0.3 is 0 Å². The minimum atomic E-state index is -0.364. The van der Waals surface area contributed by atoms with Gasteiger partial charge in [0.1, 0.15) is 0 Å². The molecule has 0 atom stereocenters. The molecule has 0 saturated carbocycles. The predicted molar refractivity (Wildman–Crippen MR) is 77.8 cm³/mol. The Morgan fingerprint density at radius 1 is 1.45 bits per heavy atom. The van der Waals surface area contributed by atoms with Crippen LogP contribution >= 0.6 is 0 Å². The van der Waals surface area contributed by atoms with Crippen molar-refractivity contribution in [2.75, 3.05) is 5.32 Å². The van der Waals surface area contributed by atoms with Crippen molar-refractivity contribution in [3.05, 3.63) is 51.8 Å². The summed E-state index contributed by atoms with van der Waals surface area (Å²) in [4.78, 5) is 10.5. The van der Waals surface area contributed by atoms with Crippen molar-refractivity contribution >= 4 is 11.4 Å². The van der Waals surface area contributed by atoms with Crippen LogP contribution in [0, 0.1) is 17.0 Å². The lowest BCUT2D eigenvalue weighted by atomic mass is 10.2. The zero-order chi connectivity index (χ0) is 14.7. The Morgan fingerprint density at radius 3 is 2.80 bits per heavy atom. The fourth-order valence-electron chi connectivity index (χ4n) is 1.87. The van der Waals surface area contributed by atoms with Crippen LogP contribution in [0.3, 0.4) is 0 Å². The molecule has 20 heavy (non-hydrogen) atoms. The Balaban J connectivity index is 2.06. The second-order valence-electron chi connectivity index (χ2n) is 5.03. The number of hydrogen-bond acceptors (Lipinski definition) is 4. The predicted octanol–water partition coefficient (Wildman–Crippen LogP) is 3.29. The Labute approximate surface area is 117 Å². The van der Waals surface area contributed by atoms with Crippen molar-refractivity contribution in [2.45, 2.75) is 33.4 Å². The lowest BCUT2D eigenvalue weighted by Crippen LogP contribution is -2.01. The van der Waals surface area contributed by atoms with Gasteiger partial charge in [-0.2, -0.15) is 5.10 Å². The molecule has 2 aromatic rings. The molecule has 1 heterocycles. The number of hydrogen-bond donors (Lipinski definition) is 1. The summed E-state index contributed by atoms with van der Waals surface area (Å²) in [5.74, 6) is 0. The first-order chi connectivity index (χ1) is 9.47. The molecule has 0 radical (unpaired) electrons. The highest BCUT2D eigenvalue weighted by Gasteiger charge is 2.11. The summed E-state index contributed by atoms with van der Waals surface area (Å²) in [6.45, 7) is 6.45. The van der Waals surface area contributed by atoms with E-state index in [1.807, 2.05) is 16.9 Å². The van der Waals surface area contributed by atoms with Crippen LogP contribution in [0.4, 0.5) is 11.4 Å². The first kappa shape index (κ1) is 14.0. The number of benzene rings is 1. The molecule has 1 aromatic heterocycles. The molecule has 0 aliphatic heterocycles. The molecule has 2 rings (SSSR count). The number of rotatable bonds is 5. The van der Waals surface area contributed by atoms with Gasteiger partial charge in [-0.25, -0.2) is 0 Å². The topological polar surface area (TPSA) is 73.0 Å². The monoisotopic (exact) mass is 274 g/mol. The standard InChI is InChI=1S/C14H18N4O2/c1-10(2)17-9-12(8-16-17)7-15-13-5-4-11(3)14(6-13)18(19)20/h4-6,8-10,15H,7H2,1-3H3. The molecule has 1 aromatic carbocycles. The molecule has 0 unspecified atom stereocenters. The maximum absolute atomic E-state index is 10.9. The Kier molecular flexibility index (Phi) is 4.02. The number of nitro groups is 1. The Hall–Kier alpha value is -2.37. The number of aromatic nitrogens is 2. The SMILES string of the molecule is Cc1ccc(NCc2cnn(C(C)C)c2)cc1[N+](=O)[O-]. The summed E-state index contributed by atoms with van der Waals surface area (Å²) < 4.78 is 1.88. The maximum atomic E-state index is 10.9. The average molecular weight is 274 g/mol. The lowest BCUT2D eigenvalue weighted by molar-refractivity contribution is -0.385. The molecule has 0 fully saturated rings. The fraction of sp³-hybridized carbons (Fsp3) is 0.357.